The number of nitrogens with zero attached hydrogens (tertiary/aromatic N) is 1. The van der Waals surface area contributed by atoms with Gasteiger partial charge in [-0.1, -0.05) is 6.07 Å². The Morgan fingerprint density at radius 3 is 2.95 bits per heavy atom. The minimum Gasteiger partial charge on any atom is -0.480 e. The Kier molecular flexibility index (Phi) is 3.60. The molecule has 21 heavy (non-hydrogen) atoms. The summed E-state index contributed by atoms with van der Waals surface area (Å²) in [5, 5.41) is 13.0. The molecule has 0 radical (unpaired) electrons. The van der Waals surface area contributed by atoms with Crippen molar-refractivity contribution in [2.24, 2.45) is 0 Å². The highest BCUT2D eigenvalue weighted by Gasteiger charge is 2.33. The van der Waals surface area contributed by atoms with Crippen LogP contribution in [0.15, 0.2) is 24.3 Å². The largest absolute Gasteiger partial charge is 0.480 e. The molecule has 1 atom stereocenters. The van der Waals surface area contributed by atoms with Gasteiger partial charge in [0, 0.05) is 24.3 Å². The number of carboxylic acid groups (broad SMARTS) is 1. The fourth-order valence-electron chi connectivity index (χ4n) is 2.42. The van der Waals surface area contributed by atoms with Gasteiger partial charge >= 0.3 is 5.97 Å². The van der Waals surface area contributed by atoms with E-state index in [9.17, 15) is 19.1 Å². The minimum atomic E-state index is -1.03. The van der Waals surface area contributed by atoms with E-state index in [1.54, 1.807) is 12.1 Å². The van der Waals surface area contributed by atoms with Gasteiger partial charge in [-0.25, -0.2) is 9.18 Å². The Hall–Kier alpha value is -1.99. The normalized spacial score (nSPS) is 18.9. The summed E-state index contributed by atoms with van der Waals surface area (Å²) in [6.45, 7) is 1.15. The van der Waals surface area contributed by atoms with Gasteiger partial charge in [-0.3, -0.25) is 4.79 Å². The highest BCUT2D eigenvalue weighted by molar-refractivity contribution is 7.20. The lowest BCUT2D eigenvalue weighted by atomic mass is 10.1. The lowest BCUT2D eigenvalue weighted by Gasteiger charge is -2.33. The van der Waals surface area contributed by atoms with E-state index < -0.39 is 12.0 Å². The van der Waals surface area contributed by atoms with Crippen LogP contribution in [0.25, 0.3) is 10.1 Å². The van der Waals surface area contributed by atoms with Gasteiger partial charge in [-0.05, 0) is 23.6 Å². The monoisotopic (exact) mass is 308 g/mol. The zero-order chi connectivity index (χ0) is 15.0. The molecule has 1 fully saturated rings. The fraction of sp³-hybridized carbons (Fsp3) is 0.286. The van der Waals surface area contributed by atoms with Crippen molar-refractivity contribution in [2.45, 2.75) is 6.04 Å². The molecule has 2 aromatic rings. The zero-order valence-corrected chi connectivity index (χ0v) is 11.8. The zero-order valence-electron chi connectivity index (χ0n) is 11.0. The van der Waals surface area contributed by atoms with E-state index >= 15 is 0 Å². The number of carbonyl (C=O) groups is 2. The Morgan fingerprint density at radius 2 is 2.19 bits per heavy atom. The van der Waals surface area contributed by atoms with Crippen molar-refractivity contribution in [3.63, 3.8) is 0 Å². The van der Waals surface area contributed by atoms with Crippen LogP contribution in [0.3, 0.4) is 0 Å². The lowest BCUT2D eigenvalue weighted by Crippen LogP contribution is -2.56. The molecule has 3 rings (SSSR count). The van der Waals surface area contributed by atoms with Gasteiger partial charge in [0.1, 0.15) is 11.9 Å². The number of carboxylic acids is 1. The predicted molar refractivity (Wildman–Crippen MR) is 77.1 cm³/mol. The van der Waals surface area contributed by atoms with Crippen molar-refractivity contribution in [3.8, 4) is 0 Å². The molecule has 7 heteroatoms. The number of carbonyl (C=O) groups excluding carboxylic acids is 1. The predicted octanol–water partition coefficient (Wildman–Crippen LogP) is 1.54. The van der Waals surface area contributed by atoms with Gasteiger partial charge in [0.25, 0.3) is 5.91 Å². The smallest absolute Gasteiger partial charge is 0.327 e. The second-order valence-electron chi connectivity index (χ2n) is 4.85. The second-order valence-corrected chi connectivity index (χ2v) is 5.93. The average molecular weight is 308 g/mol. The van der Waals surface area contributed by atoms with Crippen LogP contribution in [0.1, 0.15) is 9.67 Å². The standard InChI is InChI=1S/C14H13FN2O3S/c15-9-2-1-8-5-12(21-11(8)6-9)13(18)17-4-3-16-7-10(17)14(19)20/h1-2,5-6,10,16H,3-4,7H2,(H,19,20). The number of aliphatic carboxylic acids is 1. The third-order valence-corrected chi connectivity index (χ3v) is 4.57. The molecule has 1 aromatic heterocycles. The second kappa shape index (κ2) is 5.42. The van der Waals surface area contributed by atoms with Crippen LogP contribution in [0, 0.1) is 5.82 Å². The van der Waals surface area contributed by atoms with Crippen LogP contribution in [-0.4, -0.2) is 47.6 Å². The Labute approximate surface area is 124 Å². The molecule has 0 saturated carbocycles. The van der Waals surface area contributed by atoms with Crippen LogP contribution < -0.4 is 5.32 Å². The first kappa shape index (κ1) is 14.0. The molecule has 1 aliphatic rings. The van der Waals surface area contributed by atoms with Crippen molar-refractivity contribution in [2.75, 3.05) is 19.6 Å². The van der Waals surface area contributed by atoms with Gasteiger partial charge in [0.2, 0.25) is 0 Å². The van der Waals surface area contributed by atoms with Crippen molar-refractivity contribution in [3.05, 3.63) is 35.0 Å². The molecule has 0 spiro atoms. The molecule has 1 saturated heterocycles. The number of fused-ring (bicyclic) bond motifs is 1. The van der Waals surface area contributed by atoms with E-state index in [2.05, 4.69) is 5.32 Å². The fourth-order valence-corrected chi connectivity index (χ4v) is 3.46. The molecule has 1 amide bonds. The van der Waals surface area contributed by atoms with Crippen LogP contribution in [0.5, 0.6) is 0 Å². The third kappa shape index (κ3) is 2.62. The summed E-state index contributed by atoms with van der Waals surface area (Å²) in [5.74, 6) is -1.69. The molecule has 1 aromatic carbocycles. The molecule has 5 nitrogen and oxygen atoms in total. The van der Waals surface area contributed by atoms with E-state index in [0.717, 1.165) is 5.39 Å². The van der Waals surface area contributed by atoms with E-state index in [-0.39, 0.29) is 18.3 Å². The van der Waals surface area contributed by atoms with E-state index in [1.807, 2.05) is 0 Å². The van der Waals surface area contributed by atoms with Crippen molar-refractivity contribution >= 4 is 33.3 Å². The molecule has 110 valence electrons. The van der Waals surface area contributed by atoms with Crippen molar-refractivity contribution in [1.82, 2.24) is 10.2 Å². The number of hydrogen-bond acceptors (Lipinski definition) is 4. The van der Waals surface area contributed by atoms with E-state index in [1.165, 1.54) is 28.4 Å². The molecule has 0 aliphatic carbocycles. The maximum Gasteiger partial charge on any atom is 0.327 e. The maximum atomic E-state index is 13.2. The van der Waals surface area contributed by atoms with Crippen molar-refractivity contribution in [1.29, 1.82) is 0 Å². The van der Waals surface area contributed by atoms with Gasteiger partial charge in [-0.2, -0.15) is 0 Å². The average Bonchev–Trinajstić information content (AvgIpc) is 2.89. The summed E-state index contributed by atoms with van der Waals surface area (Å²) in [7, 11) is 0. The number of hydrogen-bond donors (Lipinski definition) is 2. The van der Waals surface area contributed by atoms with Gasteiger partial charge in [0.05, 0.1) is 4.88 Å². The summed E-state index contributed by atoms with van der Waals surface area (Å²) in [6.07, 6.45) is 0. The summed E-state index contributed by atoms with van der Waals surface area (Å²) < 4.78 is 13.9. The SMILES string of the molecule is O=C(O)C1CNCCN1C(=O)c1cc2ccc(F)cc2s1. The highest BCUT2D eigenvalue weighted by Crippen LogP contribution is 2.28. The van der Waals surface area contributed by atoms with Crippen LogP contribution in [-0.2, 0) is 4.79 Å². The van der Waals surface area contributed by atoms with Gasteiger partial charge in [0.15, 0.2) is 0 Å². The first-order valence-electron chi connectivity index (χ1n) is 6.50. The molecule has 2 heterocycles. The lowest BCUT2D eigenvalue weighted by molar-refractivity contribution is -0.142. The minimum absolute atomic E-state index is 0.237. The molecule has 1 aliphatic heterocycles. The molecule has 0 bridgehead atoms. The Balaban J connectivity index is 1.93. The molecule has 2 N–H and O–H groups in total. The number of benzene rings is 1. The number of rotatable bonds is 2. The summed E-state index contributed by atoms with van der Waals surface area (Å²) in [4.78, 5) is 25.6. The molecular formula is C14H13FN2O3S. The Morgan fingerprint density at radius 1 is 1.38 bits per heavy atom. The quantitative estimate of drug-likeness (QED) is 0.883. The van der Waals surface area contributed by atoms with E-state index in [4.69, 9.17) is 0 Å². The molecular weight excluding hydrogens is 295 g/mol. The number of nitrogens with one attached hydrogen (secondary N) is 1. The first-order valence-corrected chi connectivity index (χ1v) is 7.31. The van der Waals surface area contributed by atoms with E-state index in [0.29, 0.717) is 22.7 Å². The third-order valence-electron chi connectivity index (χ3n) is 3.48. The van der Waals surface area contributed by atoms with Crippen LogP contribution in [0.2, 0.25) is 0 Å². The summed E-state index contributed by atoms with van der Waals surface area (Å²) in [6, 6.07) is 5.15. The number of amides is 1. The number of halogens is 1. The molecule has 1 unspecified atom stereocenters. The van der Waals surface area contributed by atoms with Crippen molar-refractivity contribution < 1.29 is 19.1 Å². The topological polar surface area (TPSA) is 69.6 Å². The maximum absolute atomic E-state index is 13.2. The van der Waals surface area contributed by atoms with Gasteiger partial charge < -0.3 is 15.3 Å². The first-order chi connectivity index (χ1) is 10.1. The Bertz CT molecular complexity index is 715. The summed E-state index contributed by atoms with van der Waals surface area (Å²) >= 11 is 1.18. The van der Waals surface area contributed by atoms with Gasteiger partial charge in [-0.15, -0.1) is 11.3 Å². The number of piperazine rings is 1. The van der Waals surface area contributed by atoms with Crippen LogP contribution in [0.4, 0.5) is 4.39 Å². The number of thiophene rings is 1. The van der Waals surface area contributed by atoms with Crippen LogP contribution >= 0.6 is 11.3 Å². The highest BCUT2D eigenvalue weighted by atomic mass is 32.1. The summed E-state index contributed by atoms with van der Waals surface area (Å²) in [5.41, 5.74) is 0.